The lowest BCUT2D eigenvalue weighted by atomic mass is 9.96. The van der Waals surface area contributed by atoms with Crippen LogP contribution in [-0.4, -0.2) is 30.1 Å². The van der Waals surface area contributed by atoms with Crippen LogP contribution in [0.2, 0.25) is 0 Å². The number of nitrogens with zero attached hydrogens (tertiary/aromatic N) is 1. The Morgan fingerprint density at radius 2 is 2.33 bits per heavy atom. The fraction of sp³-hybridized carbons (Fsp3) is 0.917. The molecule has 0 aliphatic carbocycles. The summed E-state index contributed by atoms with van der Waals surface area (Å²) < 4.78 is 0. The topological polar surface area (TPSA) is 32.3 Å². The van der Waals surface area contributed by atoms with E-state index >= 15 is 0 Å². The van der Waals surface area contributed by atoms with E-state index in [4.69, 9.17) is 0 Å². The lowest BCUT2D eigenvalue weighted by molar-refractivity contribution is -0.129. The molecule has 86 valence electrons. The average Bonchev–Trinajstić information content (AvgIpc) is 2.72. The Kier molecular flexibility index (Phi) is 3.29. The summed E-state index contributed by atoms with van der Waals surface area (Å²) in [6.07, 6.45) is 4.66. The van der Waals surface area contributed by atoms with Crippen LogP contribution in [0, 0.1) is 11.8 Å². The van der Waals surface area contributed by atoms with E-state index < -0.39 is 0 Å². The molecular formula is C12H22N2O. The molecule has 2 saturated heterocycles. The molecular weight excluding hydrogens is 188 g/mol. The van der Waals surface area contributed by atoms with Gasteiger partial charge in [0, 0.05) is 13.0 Å². The lowest BCUT2D eigenvalue weighted by Crippen LogP contribution is -2.42. The Morgan fingerprint density at radius 1 is 1.53 bits per heavy atom. The predicted octanol–water partition coefficient (Wildman–Crippen LogP) is 1.59. The molecule has 2 aliphatic heterocycles. The summed E-state index contributed by atoms with van der Waals surface area (Å²) in [5, 5.41) is 3.41. The lowest BCUT2D eigenvalue weighted by Gasteiger charge is -2.24. The molecule has 0 radical (unpaired) electrons. The maximum atomic E-state index is 11.8. The maximum absolute atomic E-state index is 11.8. The molecule has 0 aromatic carbocycles. The van der Waals surface area contributed by atoms with Crippen molar-refractivity contribution in [3.05, 3.63) is 0 Å². The third kappa shape index (κ3) is 2.51. The third-order valence-electron chi connectivity index (χ3n) is 3.45. The normalized spacial score (nSPS) is 31.9. The van der Waals surface area contributed by atoms with Crippen molar-refractivity contribution in [2.45, 2.75) is 45.7 Å². The van der Waals surface area contributed by atoms with Gasteiger partial charge in [-0.05, 0) is 37.6 Å². The van der Waals surface area contributed by atoms with Gasteiger partial charge in [-0.1, -0.05) is 13.8 Å². The summed E-state index contributed by atoms with van der Waals surface area (Å²) in [6, 6.07) is 0. The van der Waals surface area contributed by atoms with Gasteiger partial charge in [-0.3, -0.25) is 10.1 Å². The van der Waals surface area contributed by atoms with Gasteiger partial charge in [0.05, 0.1) is 6.17 Å². The SMILES string of the molecule is CC(C)CC1CC(=O)N(C2CCCN2)C1. The molecule has 1 N–H and O–H groups in total. The van der Waals surface area contributed by atoms with Crippen LogP contribution in [0.3, 0.4) is 0 Å². The van der Waals surface area contributed by atoms with Crippen LogP contribution in [0.4, 0.5) is 0 Å². The van der Waals surface area contributed by atoms with E-state index in [-0.39, 0.29) is 0 Å². The molecule has 2 atom stereocenters. The highest BCUT2D eigenvalue weighted by atomic mass is 16.2. The minimum absolute atomic E-state index is 0.342. The van der Waals surface area contributed by atoms with Gasteiger partial charge in [0.15, 0.2) is 0 Å². The van der Waals surface area contributed by atoms with Gasteiger partial charge in [0.25, 0.3) is 0 Å². The molecule has 0 spiro atoms. The highest BCUT2D eigenvalue weighted by Crippen LogP contribution is 2.27. The summed E-state index contributed by atoms with van der Waals surface area (Å²) in [5.74, 6) is 1.67. The molecule has 2 unspecified atom stereocenters. The van der Waals surface area contributed by atoms with Gasteiger partial charge < -0.3 is 4.90 Å². The van der Waals surface area contributed by atoms with Crippen molar-refractivity contribution in [2.75, 3.05) is 13.1 Å². The molecule has 0 aromatic heterocycles. The molecule has 0 bridgehead atoms. The number of amides is 1. The predicted molar refractivity (Wildman–Crippen MR) is 60.3 cm³/mol. The van der Waals surface area contributed by atoms with Gasteiger partial charge in [-0.25, -0.2) is 0 Å². The number of carbonyl (C=O) groups excluding carboxylic acids is 1. The number of nitrogens with one attached hydrogen (secondary N) is 1. The molecule has 2 aliphatic rings. The molecule has 2 fully saturated rings. The summed E-state index contributed by atoms with van der Waals surface area (Å²) in [5.41, 5.74) is 0. The van der Waals surface area contributed by atoms with E-state index in [1.54, 1.807) is 0 Å². The minimum Gasteiger partial charge on any atom is -0.327 e. The van der Waals surface area contributed by atoms with Crippen molar-refractivity contribution >= 4 is 5.91 Å². The largest absolute Gasteiger partial charge is 0.327 e. The van der Waals surface area contributed by atoms with Crippen molar-refractivity contribution in [3.8, 4) is 0 Å². The minimum atomic E-state index is 0.342. The average molecular weight is 210 g/mol. The first kappa shape index (κ1) is 10.9. The fourth-order valence-corrected chi connectivity index (χ4v) is 2.87. The van der Waals surface area contributed by atoms with Gasteiger partial charge in [0.1, 0.15) is 0 Å². The summed E-state index contributed by atoms with van der Waals surface area (Å²) in [7, 11) is 0. The van der Waals surface area contributed by atoms with Gasteiger partial charge in [-0.15, -0.1) is 0 Å². The molecule has 0 saturated carbocycles. The Hall–Kier alpha value is -0.570. The van der Waals surface area contributed by atoms with E-state index in [2.05, 4.69) is 24.1 Å². The number of hydrogen-bond acceptors (Lipinski definition) is 2. The maximum Gasteiger partial charge on any atom is 0.224 e. The summed E-state index contributed by atoms with van der Waals surface area (Å²) in [4.78, 5) is 13.9. The molecule has 15 heavy (non-hydrogen) atoms. The first-order valence-corrected chi connectivity index (χ1v) is 6.19. The number of likely N-dealkylation sites (tertiary alicyclic amines) is 1. The van der Waals surface area contributed by atoms with Crippen molar-refractivity contribution < 1.29 is 4.79 Å². The molecule has 0 aromatic rings. The van der Waals surface area contributed by atoms with E-state index in [1.165, 1.54) is 12.8 Å². The van der Waals surface area contributed by atoms with E-state index in [1.807, 2.05) is 0 Å². The van der Waals surface area contributed by atoms with E-state index in [0.717, 1.165) is 25.9 Å². The Balaban J connectivity index is 1.89. The van der Waals surface area contributed by atoms with Crippen molar-refractivity contribution in [1.29, 1.82) is 0 Å². The third-order valence-corrected chi connectivity index (χ3v) is 3.45. The van der Waals surface area contributed by atoms with Crippen LogP contribution in [-0.2, 0) is 4.79 Å². The highest BCUT2D eigenvalue weighted by Gasteiger charge is 2.35. The van der Waals surface area contributed by atoms with E-state index in [0.29, 0.717) is 23.9 Å². The second kappa shape index (κ2) is 4.52. The monoisotopic (exact) mass is 210 g/mol. The summed E-state index contributed by atoms with van der Waals surface area (Å²) in [6.45, 7) is 6.53. The Bertz CT molecular complexity index is 234. The molecule has 2 heterocycles. The smallest absolute Gasteiger partial charge is 0.224 e. The Morgan fingerprint density at radius 3 is 2.93 bits per heavy atom. The molecule has 1 amide bonds. The second-order valence-corrected chi connectivity index (χ2v) is 5.36. The van der Waals surface area contributed by atoms with Gasteiger partial charge >= 0.3 is 0 Å². The fourth-order valence-electron chi connectivity index (χ4n) is 2.87. The highest BCUT2D eigenvalue weighted by molar-refractivity contribution is 5.79. The van der Waals surface area contributed by atoms with Gasteiger partial charge in [0.2, 0.25) is 5.91 Å². The number of carbonyl (C=O) groups is 1. The van der Waals surface area contributed by atoms with E-state index in [9.17, 15) is 4.79 Å². The van der Waals surface area contributed by atoms with Crippen molar-refractivity contribution in [1.82, 2.24) is 10.2 Å². The van der Waals surface area contributed by atoms with Crippen molar-refractivity contribution in [3.63, 3.8) is 0 Å². The van der Waals surface area contributed by atoms with Crippen LogP contribution in [0.25, 0.3) is 0 Å². The first-order valence-electron chi connectivity index (χ1n) is 6.19. The van der Waals surface area contributed by atoms with Crippen LogP contribution >= 0.6 is 0 Å². The van der Waals surface area contributed by atoms with Crippen LogP contribution < -0.4 is 5.32 Å². The summed E-state index contributed by atoms with van der Waals surface area (Å²) >= 11 is 0. The second-order valence-electron chi connectivity index (χ2n) is 5.36. The number of rotatable bonds is 3. The van der Waals surface area contributed by atoms with Crippen LogP contribution in [0.5, 0.6) is 0 Å². The Labute approximate surface area is 92.2 Å². The number of hydrogen-bond donors (Lipinski definition) is 1. The zero-order valence-corrected chi connectivity index (χ0v) is 9.83. The van der Waals surface area contributed by atoms with Crippen LogP contribution in [0.1, 0.15) is 39.5 Å². The molecule has 3 heteroatoms. The zero-order chi connectivity index (χ0) is 10.8. The first-order chi connectivity index (χ1) is 7.16. The van der Waals surface area contributed by atoms with Crippen molar-refractivity contribution in [2.24, 2.45) is 11.8 Å². The van der Waals surface area contributed by atoms with Crippen LogP contribution in [0.15, 0.2) is 0 Å². The zero-order valence-electron chi connectivity index (χ0n) is 9.83. The molecule has 3 nitrogen and oxygen atoms in total. The standard InChI is InChI=1S/C12H22N2O/c1-9(2)6-10-7-12(15)14(8-10)11-4-3-5-13-11/h9-11,13H,3-8H2,1-2H3. The quantitative estimate of drug-likeness (QED) is 0.767. The van der Waals surface area contributed by atoms with Gasteiger partial charge in [-0.2, -0.15) is 0 Å². The molecule has 2 rings (SSSR count).